The smallest absolute Gasteiger partial charge is 0.240 e. The van der Waals surface area contributed by atoms with Crippen LogP contribution in [0.15, 0.2) is 65.6 Å². The molecule has 1 amide bonds. The van der Waals surface area contributed by atoms with Crippen LogP contribution < -0.4 is 19.1 Å². The highest BCUT2D eigenvalue weighted by molar-refractivity contribution is 7.89. The number of nitrogens with one attached hydrogen (secondary N) is 1. The van der Waals surface area contributed by atoms with Crippen molar-refractivity contribution in [2.24, 2.45) is 0 Å². The minimum atomic E-state index is -3.75. The summed E-state index contributed by atoms with van der Waals surface area (Å²) in [5, 5.41) is 1.82. The summed E-state index contributed by atoms with van der Waals surface area (Å²) in [5.41, 5.74) is 0.664. The van der Waals surface area contributed by atoms with Gasteiger partial charge >= 0.3 is 0 Å². The zero-order valence-corrected chi connectivity index (χ0v) is 16.9. The Kier molecular flexibility index (Phi) is 4.60. The number of hydrogen-bond acceptors (Lipinski definition) is 5. The molecule has 8 heteroatoms. The average molecular weight is 424 g/mol. The van der Waals surface area contributed by atoms with Gasteiger partial charge in [-0.2, -0.15) is 0 Å². The molecule has 2 heterocycles. The zero-order chi connectivity index (χ0) is 20.7. The van der Waals surface area contributed by atoms with Gasteiger partial charge in [0.2, 0.25) is 15.9 Å². The van der Waals surface area contributed by atoms with Crippen LogP contribution in [0.5, 0.6) is 11.5 Å². The Labute approximate surface area is 174 Å². The van der Waals surface area contributed by atoms with Crippen LogP contribution >= 0.6 is 0 Å². The molecule has 1 fully saturated rings. The first-order chi connectivity index (χ1) is 14.5. The summed E-state index contributed by atoms with van der Waals surface area (Å²) in [7, 11) is -3.75. The average Bonchev–Trinajstić information content (AvgIpc) is 3.12. The molecule has 0 radical (unpaired) electrons. The van der Waals surface area contributed by atoms with E-state index in [4.69, 9.17) is 9.47 Å². The van der Waals surface area contributed by atoms with Gasteiger partial charge in [0.05, 0.1) is 4.90 Å². The first-order valence-corrected chi connectivity index (χ1v) is 11.2. The van der Waals surface area contributed by atoms with E-state index in [1.165, 1.54) is 0 Å². The van der Waals surface area contributed by atoms with Crippen molar-refractivity contribution in [2.45, 2.75) is 17.4 Å². The van der Waals surface area contributed by atoms with Crippen LogP contribution in [-0.4, -0.2) is 40.1 Å². The van der Waals surface area contributed by atoms with E-state index in [2.05, 4.69) is 4.72 Å². The lowest BCUT2D eigenvalue weighted by Crippen LogP contribution is -2.37. The van der Waals surface area contributed by atoms with Gasteiger partial charge in [-0.05, 0) is 35.0 Å². The topological polar surface area (TPSA) is 84.9 Å². The van der Waals surface area contributed by atoms with Crippen molar-refractivity contribution in [1.82, 2.24) is 4.72 Å². The molecule has 7 nitrogen and oxygen atoms in total. The largest absolute Gasteiger partial charge is 0.486 e. The van der Waals surface area contributed by atoms with E-state index in [9.17, 15) is 13.2 Å². The molecule has 3 aromatic carbocycles. The van der Waals surface area contributed by atoms with Gasteiger partial charge < -0.3 is 14.4 Å². The summed E-state index contributed by atoms with van der Waals surface area (Å²) in [6, 6.07) is 17.4. The monoisotopic (exact) mass is 424 g/mol. The Hall–Kier alpha value is -3.10. The van der Waals surface area contributed by atoms with Crippen molar-refractivity contribution in [3.05, 3.63) is 60.7 Å². The summed E-state index contributed by atoms with van der Waals surface area (Å²) in [4.78, 5) is 14.3. The van der Waals surface area contributed by atoms with Crippen LogP contribution in [0.4, 0.5) is 5.69 Å². The number of ether oxygens (including phenoxy) is 2. The second kappa shape index (κ2) is 7.30. The fourth-order valence-electron chi connectivity index (χ4n) is 3.86. The summed E-state index contributed by atoms with van der Waals surface area (Å²) in [6.45, 7) is 1.21. The Morgan fingerprint density at radius 3 is 2.50 bits per heavy atom. The molecule has 1 N–H and O–H groups in total. The summed E-state index contributed by atoms with van der Waals surface area (Å²) in [5.74, 6) is 1.09. The minimum absolute atomic E-state index is 0.0985. The van der Waals surface area contributed by atoms with E-state index in [0.717, 1.165) is 10.8 Å². The van der Waals surface area contributed by atoms with Crippen molar-refractivity contribution in [3.63, 3.8) is 0 Å². The molecular weight excluding hydrogens is 404 g/mol. The molecule has 0 aromatic heterocycles. The third kappa shape index (κ3) is 3.48. The number of sulfonamides is 1. The first kappa shape index (κ1) is 18.9. The number of amides is 1. The number of benzene rings is 3. The minimum Gasteiger partial charge on any atom is -0.486 e. The maximum atomic E-state index is 12.9. The predicted molar refractivity (Wildman–Crippen MR) is 112 cm³/mol. The summed E-state index contributed by atoms with van der Waals surface area (Å²) >= 11 is 0. The van der Waals surface area contributed by atoms with Crippen LogP contribution in [0.1, 0.15) is 6.42 Å². The quantitative estimate of drug-likeness (QED) is 0.696. The van der Waals surface area contributed by atoms with Crippen LogP contribution in [0.2, 0.25) is 0 Å². The Morgan fingerprint density at radius 2 is 1.67 bits per heavy atom. The number of anilines is 1. The molecule has 1 atom stereocenters. The standard InChI is InChI=1S/C22H20N2O5S/c25-22-12-17(14-24(22)18-6-8-20-21(13-18)29-10-9-28-20)23-30(26,27)19-7-5-15-3-1-2-4-16(15)11-19/h1-8,11,13,17,23H,9-10,12,14H2. The molecule has 2 aliphatic rings. The number of carbonyl (C=O) groups excluding carboxylic acids is 1. The van der Waals surface area contributed by atoms with Gasteiger partial charge in [-0.15, -0.1) is 0 Å². The number of hydrogen-bond donors (Lipinski definition) is 1. The number of rotatable bonds is 4. The van der Waals surface area contributed by atoms with E-state index >= 15 is 0 Å². The molecular formula is C22H20N2O5S. The van der Waals surface area contributed by atoms with Crippen LogP contribution in [-0.2, 0) is 14.8 Å². The molecule has 2 aliphatic heterocycles. The molecule has 0 spiro atoms. The van der Waals surface area contributed by atoms with Gasteiger partial charge in [0.1, 0.15) is 13.2 Å². The molecule has 30 heavy (non-hydrogen) atoms. The number of carbonyl (C=O) groups is 1. The fraction of sp³-hybridized carbons (Fsp3) is 0.227. The van der Waals surface area contributed by atoms with E-state index in [1.807, 2.05) is 24.3 Å². The van der Waals surface area contributed by atoms with Gasteiger partial charge in [-0.1, -0.05) is 30.3 Å². The fourth-order valence-corrected chi connectivity index (χ4v) is 5.12. The van der Waals surface area contributed by atoms with Crippen molar-refractivity contribution >= 4 is 32.4 Å². The van der Waals surface area contributed by atoms with Gasteiger partial charge in [0, 0.05) is 30.8 Å². The second-order valence-corrected chi connectivity index (χ2v) is 9.08. The normalized spacial score (nSPS) is 18.7. The van der Waals surface area contributed by atoms with Crippen LogP contribution in [0, 0.1) is 0 Å². The zero-order valence-electron chi connectivity index (χ0n) is 16.1. The van der Waals surface area contributed by atoms with Crippen LogP contribution in [0.3, 0.4) is 0 Å². The lowest BCUT2D eigenvalue weighted by molar-refractivity contribution is -0.117. The molecule has 154 valence electrons. The lowest BCUT2D eigenvalue weighted by Gasteiger charge is -2.22. The summed E-state index contributed by atoms with van der Waals surface area (Å²) < 4.78 is 39.6. The number of nitrogens with zero attached hydrogens (tertiary/aromatic N) is 1. The van der Waals surface area contributed by atoms with Gasteiger partial charge in [0.15, 0.2) is 11.5 Å². The van der Waals surface area contributed by atoms with Gasteiger partial charge in [-0.3, -0.25) is 4.79 Å². The van der Waals surface area contributed by atoms with Crippen LogP contribution in [0.25, 0.3) is 10.8 Å². The third-order valence-corrected chi connectivity index (χ3v) is 6.83. The van der Waals surface area contributed by atoms with Crippen molar-refractivity contribution < 1.29 is 22.7 Å². The molecule has 0 bridgehead atoms. The third-order valence-electron chi connectivity index (χ3n) is 5.32. The Bertz CT molecular complexity index is 1240. The maximum absolute atomic E-state index is 12.9. The maximum Gasteiger partial charge on any atom is 0.240 e. The Morgan fingerprint density at radius 1 is 0.900 bits per heavy atom. The van der Waals surface area contributed by atoms with Gasteiger partial charge in [-0.25, -0.2) is 13.1 Å². The molecule has 1 unspecified atom stereocenters. The molecule has 0 saturated carbocycles. The molecule has 1 saturated heterocycles. The van der Waals surface area contributed by atoms with Crippen molar-refractivity contribution in [3.8, 4) is 11.5 Å². The number of fused-ring (bicyclic) bond motifs is 2. The predicted octanol–water partition coefficient (Wildman–Crippen LogP) is 2.69. The van der Waals surface area contributed by atoms with E-state index in [1.54, 1.807) is 41.3 Å². The molecule has 0 aliphatic carbocycles. The highest BCUT2D eigenvalue weighted by atomic mass is 32.2. The van der Waals surface area contributed by atoms with E-state index in [-0.39, 0.29) is 23.8 Å². The van der Waals surface area contributed by atoms with E-state index < -0.39 is 16.1 Å². The summed E-state index contributed by atoms with van der Waals surface area (Å²) in [6.07, 6.45) is 0.0985. The van der Waals surface area contributed by atoms with E-state index in [0.29, 0.717) is 30.4 Å². The second-order valence-electron chi connectivity index (χ2n) is 7.36. The van der Waals surface area contributed by atoms with Crippen molar-refractivity contribution in [1.29, 1.82) is 0 Å². The van der Waals surface area contributed by atoms with Gasteiger partial charge in [0.25, 0.3) is 0 Å². The van der Waals surface area contributed by atoms with Crippen molar-refractivity contribution in [2.75, 3.05) is 24.7 Å². The molecule has 5 rings (SSSR count). The highest BCUT2D eigenvalue weighted by Gasteiger charge is 2.34. The molecule has 3 aromatic rings. The highest BCUT2D eigenvalue weighted by Crippen LogP contribution is 2.35. The lowest BCUT2D eigenvalue weighted by atomic mass is 10.1. The Balaban J connectivity index is 1.35. The SMILES string of the molecule is O=C1CC(NS(=O)(=O)c2ccc3ccccc3c2)CN1c1ccc2c(c1)OCCO2. The first-order valence-electron chi connectivity index (χ1n) is 9.71.